The molecule has 75 heavy (non-hydrogen) atoms. The van der Waals surface area contributed by atoms with Gasteiger partial charge in [0.25, 0.3) is 0 Å². The zero-order valence-electron chi connectivity index (χ0n) is 49.3. The van der Waals surface area contributed by atoms with Crippen molar-refractivity contribution in [1.82, 2.24) is 5.32 Å². The van der Waals surface area contributed by atoms with Crippen LogP contribution in [0.1, 0.15) is 290 Å². The van der Waals surface area contributed by atoms with Crippen molar-refractivity contribution in [2.24, 2.45) is 0 Å². The molecule has 4 heteroatoms. The van der Waals surface area contributed by atoms with Crippen molar-refractivity contribution in [3.05, 3.63) is 134 Å². The summed E-state index contributed by atoms with van der Waals surface area (Å²) in [6.45, 7) is 4.19. The van der Waals surface area contributed by atoms with Crippen molar-refractivity contribution >= 4 is 5.91 Å². The van der Waals surface area contributed by atoms with Gasteiger partial charge in [-0.05, 0) is 109 Å². The van der Waals surface area contributed by atoms with Crippen LogP contribution in [0.3, 0.4) is 0 Å². The van der Waals surface area contributed by atoms with Gasteiger partial charge in [0.2, 0.25) is 5.91 Å². The van der Waals surface area contributed by atoms with E-state index in [1.807, 2.05) is 6.08 Å². The van der Waals surface area contributed by atoms with Crippen LogP contribution in [0.2, 0.25) is 0 Å². The van der Waals surface area contributed by atoms with Crippen molar-refractivity contribution in [2.75, 3.05) is 6.61 Å². The van der Waals surface area contributed by atoms with Crippen LogP contribution in [0.15, 0.2) is 134 Å². The molecule has 0 aromatic rings. The van der Waals surface area contributed by atoms with E-state index in [0.717, 1.165) is 89.9 Å². The number of hydrogen-bond donors (Lipinski definition) is 3. The van der Waals surface area contributed by atoms with Crippen LogP contribution in [0.25, 0.3) is 0 Å². The van der Waals surface area contributed by atoms with Gasteiger partial charge < -0.3 is 15.5 Å². The van der Waals surface area contributed by atoms with Crippen molar-refractivity contribution in [2.45, 2.75) is 302 Å². The Kier molecular flexibility index (Phi) is 61.8. The van der Waals surface area contributed by atoms with Gasteiger partial charge in [-0.2, -0.15) is 0 Å². The number of carbonyl (C=O) groups is 1. The lowest BCUT2D eigenvalue weighted by Gasteiger charge is -2.19. The molecule has 0 aliphatic rings. The average Bonchev–Trinajstić information content (AvgIpc) is 3.41. The van der Waals surface area contributed by atoms with E-state index in [4.69, 9.17) is 0 Å². The summed E-state index contributed by atoms with van der Waals surface area (Å²) in [5.74, 6) is -0.0812. The molecule has 0 rings (SSSR count). The van der Waals surface area contributed by atoms with Crippen LogP contribution in [-0.4, -0.2) is 34.9 Å². The predicted molar refractivity (Wildman–Crippen MR) is 335 cm³/mol. The molecule has 0 bridgehead atoms. The van der Waals surface area contributed by atoms with E-state index >= 15 is 0 Å². The fourth-order valence-electron chi connectivity index (χ4n) is 9.05. The molecule has 0 saturated carbocycles. The SMILES string of the molecule is CC/C=C\C/C=C\C/C=C\C/C=C\C/C=C\C/C=C\C/C=C\C/C=C\CCCCCCCCCCCCCCCCC(=O)NC(CO)C(O)/C=C/CC/C=C/CC/C=C/CCCCCCCCCCCCCCCC. The van der Waals surface area contributed by atoms with E-state index < -0.39 is 12.1 Å². The Balaban J connectivity index is 3.58. The van der Waals surface area contributed by atoms with Crippen molar-refractivity contribution in [3.8, 4) is 0 Å². The lowest BCUT2D eigenvalue weighted by molar-refractivity contribution is -0.123. The standard InChI is InChI=1S/C71H121NO3/c1-3-5-7-9-11-13-15-17-19-21-23-25-27-29-30-31-32-33-34-35-36-37-38-39-40-41-42-43-45-47-49-51-53-55-57-59-61-63-65-67-71(75)72-69(68-73)70(74)66-64-62-60-58-56-54-52-50-48-46-44-28-26-24-22-20-18-16-14-12-10-8-6-4-2/h5,7,11,13,17,19,23,25,29-30,32-33,35-36,38-39,48,50,56,58,64,66,69-70,73-74H,3-4,6,8-10,12,14-16,18,20-22,24,26-28,31,34,37,40-47,49,51-55,57,59-63,65,67-68H2,1-2H3,(H,72,75)/b7-5-,13-11-,19-17-,25-23-,30-29-,33-32-,36-35-,39-38-,50-48+,58-56+,66-64+. The molecule has 0 aliphatic carbocycles. The van der Waals surface area contributed by atoms with E-state index in [1.165, 1.54) is 180 Å². The smallest absolute Gasteiger partial charge is 0.220 e. The van der Waals surface area contributed by atoms with Crippen LogP contribution in [0.5, 0.6) is 0 Å². The Morgan fingerprint density at radius 3 is 0.933 bits per heavy atom. The number of carbonyl (C=O) groups excluding carboxylic acids is 1. The van der Waals surface area contributed by atoms with E-state index in [1.54, 1.807) is 6.08 Å². The molecule has 1 amide bonds. The van der Waals surface area contributed by atoms with Gasteiger partial charge in [-0.1, -0.05) is 308 Å². The van der Waals surface area contributed by atoms with Crippen molar-refractivity contribution in [3.63, 3.8) is 0 Å². The van der Waals surface area contributed by atoms with Gasteiger partial charge in [-0.3, -0.25) is 4.79 Å². The third-order valence-corrected chi connectivity index (χ3v) is 13.8. The highest BCUT2D eigenvalue weighted by atomic mass is 16.3. The van der Waals surface area contributed by atoms with Gasteiger partial charge in [0.1, 0.15) is 0 Å². The summed E-state index contributed by atoms with van der Waals surface area (Å²) in [5.41, 5.74) is 0. The molecule has 3 N–H and O–H groups in total. The second-order valence-corrected chi connectivity index (χ2v) is 21.1. The minimum atomic E-state index is -0.879. The van der Waals surface area contributed by atoms with Gasteiger partial charge in [-0.25, -0.2) is 0 Å². The Morgan fingerprint density at radius 1 is 0.333 bits per heavy atom. The molecule has 0 aromatic carbocycles. The van der Waals surface area contributed by atoms with Crippen LogP contribution in [0.4, 0.5) is 0 Å². The predicted octanol–water partition coefficient (Wildman–Crippen LogP) is 21.8. The summed E-state index contributed by atoms with van der Waals surface area (Å²) in [5, 5.41) is 23.2. The third-order valence-electron chi connectivity index (χ3n) is 13.8. The summed E-state index contributed by atoms with van der Waals surface area (Å²) in [4.78, 5) is 12.5. The second kappa shape index (κ2) is 64.8. The number of allylic oxidation sites excluding steroid dienone is 21. The van der Waals surface area contributed by atoms with Crippen LogP contribution in [0, 0.1) is 0 Å². The van der Waals surface area contributed by atoms with E-state index in [-0.39, 0.29) is 12.5 Å². The molecule has 2 atom stereocenters. The van der Waals surface area contributed by atoms with E-state index in [0.29, 0.717) is 6.42 Å². The first-order chi connectivity index (χ1) is 37.2. The summed E-state index contributed by atoms with van der Waals surface area (Å²) < 4.78 is 0. The van der Waals surface area contributed by atoms with Crippen molar-refractivity contribution < 1.29 is 15.0 Å². The summed E-state index contributed by atoms with van der Waals surface area (Å²) in [7, 11) is 0. The maximum Gasteiger partial charge on any atom is 0.220 e. The Labute approximate surface area is 466 Å². The number of nitrogens with one attached hydrogen (secondary N) is 1. The maximum absolute atomic E-state index is 12.5. The molecule has 0 fully saturated rings. The zero-order chi connectivity index (χ0) is 54.1. The number of aliphatic hydroxyl groups excluding tert-OH is 2. The Morgan fingerprint density at radius 2 is 0.600 bits per heavy atom. The molecule has 0 saturated heterocycles. The van der Waals surface area contributed by atoms with Gasteiger partial charge >= 0.3 is 0 Å². The minimum Gasteiger partial charge on any atom is -0.394 e. The lowest BCUT2D eigenvalue weighted by atomic mass is 10.0. The zero-order valence-corrected chi connectivity index (χ0v) is 49.3. The molecule has 0 heterocycles. The topological polar surface area (TPSA) is 69.6 Å². The summed E-state index contributed by atoms with van der Waals surface area (Å²) in [6.07, 6.45) is 101. The summed E-state index contributed by atoms with van der Waals surface area (Å²) >= 11 is 0. The molecular weight excluding hydrogens is 915 g/mol. The molecule has 2 unspecified atom stereocenters. The monoisotopic (exact) mass is 1040 g/mol. The Hall–Kier alpha value is -3.47. The minimum absolute atomic E-state index is 0.0812. The first-order valence-corrected chi connectivity index (χ1v) is 31.9. The highest BCUT2D eigenvalue weighted by Gasteiger charge is 2.18. The van der Waals surface area contributed by atoms with Crippen LogP contribution < -0.4 is 5.32 Å². The maximum atomic E-state index is 12.5. The van der Waals surface area contributed by atoms with Gasteiger partial charge in [0.05, 0.1) is 18.8 Å². The molecule has 0 radical (unpaired) electrons. The molecule has 0 spiro atoms. The third kappa shape index (κ3) is 61.3. The Bertz CT molecular complexity index is 1500. The van der Waals surface area contributed by atoms with Crippen LogP contribution >= 0.6 is 0 Å². The van der Waals surface area contributed by atoms with Crippen LogP contribution in [-0.2, 0) is 4.79 Å². The lowest BCUT2D eigenvalue weighted by Crippen LogP contribution is -2.45. The second-order valence-electron chi connectivity index (χ2n) is 21.1. The molecule has 4 nitrogen and oxygen atoms in total. The number of hydrogen-bond acceptors (Lipinski definition) is 3. The quantitative estimate of drug-likeness (QED) is 0.0420. The van der Waals surface area contributed by atoms with E-state index in [2.05, 4.69) is 141 Å². The highest BCUT2D eigenvalue weighted by molar-refractivity contribution is 5.76. The molecular formula is C71H121NO3. The molecule has 0 aromatic heterocycles. The number of rotatable bonds is 57. The molecule has 0 aliphatic heterocycles. The number of unbranched alkanes of at least 4 members (excludes halogenated alkanes) is 30. The average molecular weight is 1040 g/mol. The first-order valence-electron chi connectivity index (χ1n) is 31.9. The number of amides is 1. The fourth-order valence-corrected chi connectivity index (χ4v) is 9.05. The number of aliphatic hydroxyl groups is 2. The van der Waals surface area contributed by atoms with Gasteiger partial charge in [0, 0.05) is 6.42 Å². The van der Waals surface area contributed by atoms with Gasteiger partial charge in [-0.15, -0.1) is 0 Å². The first kappa shape index (κ1) is 71.5. The normalized spacial score (nSPS) is 13.7. The fraction of sp³-hybridized carbons (Fsp3) is 0.676. The van der Waals surface area contributed by atoms with Gasteiger partial charge in [0.15, 0.2) is 0 Å². The summed E-state index contributed by atoms with van der Waals surface area (Å²) in [6, 6.07) is -0.655. The largest absolute Gasteiger partial charge is 0.394 e. The highest BCUT2D eigenvalue weighted by Crippen LogP contribution is 2.16. The van der Waals surface area contributed by atoms with Crippen molar-refractivity contribution in [1.29, 1.82) is 0 Å². The molecule has 428 valence electrons. The van der Waals surface area contributed by atoms with E-state index in [9.17, 15) is 15.0 Å².